The third-order valence-electron chi connectivity index (χ3n) is 2.63. The van der Waals surface area contributed by atoms with Crippen molar-refractivity contribution >= 4 is 23.1 Å². The van der Waals surface area contributed by atoms with Crippen molar-refractivity contribution in [2.45, 2.75) is 25.4 Å². The molecule has 0 spiro atoms. The SMILES string of the molecule is Nc1cnc(NCC2CCCCO2)c(Cl)c1. The molecule has 0 bridgehead atoms. The first-order valence-corrected chi connectivity index (χ1v) is 5.90. The number of halogens is 1. The van der Waals surface area contributed by atoms with E-state index in [0.717, 1.165) is 26.0 Å². The maximum absolute atomic E-state index is 6.00. The van der Waals surface area contributed by atoms with Crippen molar-refractivity contribution in [3.05, 3.63) is 17.3 Å². The normalized spacial score (nSPS) is 20.7. The molecule has 88 valence electrons. The maximum Gasteiger partial charge on any atom is 0.145 e. The maximum atomic E-state index is 6.00. The van der Waals surface area contributed by atoms with Crippen molar-refractivity contribution in [2.75, 3.05) is 24.2 Å². The molecule has 1 aromatic heterocycles. The Bertz CT molecular complexity index is 353. The molecule has 2 heterocycles. The Hall–Kier alpha value is -1.00. The molecule has 5 heteroatoms. The van der Waals surface area contributed by atoms with Crippen LogP contribution in [0.3, 0.4) is 0 Å². The summed E-state index contributed by atoms with van der Waals surface area (Å²) in [5.41, 5.74) is 6.14. The van der Waals surface area contributed by atoms with Crippen molar-refractivity contribution in [3.63, 3.8) is 0 Å². The van der Waals surface area contributed by atoms with E-state index in [-0.39, 0.29) is 6.10 Å². The van der Waals surface area contributed by atoms with Crippen LogP contribution in [0.25, 0.3) is 0 Å². The van der Waals surface area contributed by atoms with Crippen molar-refractivity contribution in [2.24, 2.45) is 0 Å². The van der Waals surface area contributed by atoms with Crippen LogP contribution in [0, 0.1) is 0 Å². The van der Waals surface area contributed by atoms with Crippen LogP contribution in [-0.4, -0.2) is 24.2 Å². The fourth-order valence-corrected chi connectivity index (χ4v) is 2.00. The van der Waals surface area contributed by atoms with Crippen LogP contribution in [-0.2, 0) is 4.74 Å². The first kappa shape index (κ1) is 11.5. The number of nitrogens with one attached hydrogen (secondary N) is 1. The average molecular weight is 242 g/mol. The number of nitrogen functional groups attached to an aromatic ring is 1. The molecule has 4 nitrogen and oxygen atoms in total. The van der Waals surface area contributed by atoms with Gasteiger partial charge in [0.15, 0.2) is 0 Å². The van der Waals surface area contributed by atoms with Gasteiger partial charge < -0.3 is 15.8 Å². The van der Waals surface area contributed by atoms with Gasteiger partial charge >= 0.3 is 0 Å². The lowest BCUT2D eigenvalue weighted by Crippen LogP contribution is -2.27. The second-order valence-electron chi connectivity index (χ2n) is 3.97. The lowest BCUT2D eigenvalue weighted by molar-refractivity contribution is 0.0247. The molecule has 1 saturated heterocycles. The van der Waals surface area contributed by atoms with E-state index >= 15 is 0 Å². The topological polar surface area (TPSA) is 60.2 Å². The zero-order valence-electron chi connectivity index (χ0n) is 9.08. The summed E-state index contributed by atoms with van der Waals surface area (Å²) < 4.78 is 5.61. The molecule has 0 aromatic carbocycles. The molecular formula is C11H16ClN3O. The molecule has 0 aliphatic carbocycles. The Labute approximate surface area is 100 Å². The molecular weight excluding hydrogens is 226 g/mol. The van der Waals surface area contributed by atoms with E-state index in [9.17, 15) is 0 Å². The molecule has 1 atom stereocenters. The van der Waals surface area contributed by atoms with Crippen LogP contribution in [0.15, 0.2) is 12.3 Å². The minimum atomic E-state index is 0.268. The molecule has 0 saturated carbocycles. The molecule has 0 radical (unpaired) electrons. The van der Waals surface area contributed by atoms with E-state index < -0.39 is 0 Å². The van der Waals surface area contributed by atoms with Crippen molar-refractivity contribution < 1.29 is 4.74 Å². The second-order valence-corrected chi connectivity index (χ2v) is 4.38. The van der Waals surface area contributed by atoms with Crippen molar-refractivity contribution in [3.8, 4) is 0 Å². The molecule has 16 heavy (non-hydrogen) atoms. The van der Waals surface area contributed by atoms with Crippen LogP contribution in [0.4, 0.5) is 11.5 Å². The smallest absolute Gasteiger partial charge is 0.145 e. The molecule has 3 N–H and O–H groups in total. The number of aromatic nitrogens is 1. The highest BCUT2D eigenvalue weighted by molar-refractivity contribution is 6.33. The number of nitrogens with two attached hydrogens (primary N) is 1. The summed E-state index contributed by atoms with van der Waals surface area (Å²) in [6, 6.07) is 1.69. The monoisotopic (exact) mass is 241 g/mol. The van der Waals surface area contributed by atoms with Gasteiger partial charge in [-0.3, -0.25) is 0 Å². The van der Waals surface area contributed by atoms with Gasteiger partial charge in [-0.15, -0.1) is 0 Å². The van der Waals surface area contributed by atoms with Crippen LogP contribution in [0.5, 0.6) is 0 Å². The van der Waals surface area contributed by atoms with Gasteiger partial charge in [0.2, 0.25) is 0 Å². The number of rotatable bonds is 3. The van der Waals surface area contributed by atoms with E-state index in [1.54, 1.807) is 12.3 Å². The van der Waals surface area contributed by atoms with Gasteiger partial charge in [-0.1, -0.05) is 11.6 Å². The summed E-state index contributed by atoms with van der Waals surface area (Å²) >= 11 is 6.00. The van der Waals surface area contributed by atoms with Crippen molar-refractivity contribution in [1.82, 2.24) is 4.98 Å². The van der Waals surface area contributed by atoms with E-state index in [1.165, 1.54) is 6.42 Å². The Morgan fingerprint density at radius 2 is 2.44 bits per heavy atom. The van der Waals surface area contributed by atoms with E-state index in [0.29, 0.717) is 16.5 Å². The predicted molar refractivity (Wildman–Crippen MR) is 65.7 cm³/mol. The summed E-state index contributed by atoms with van der Waals surface area (Å²) in [6.07, 6.45) is 5.35. The Balaban J connectivity index is 1.88. The zero-order chi connectivity index (χ0) is 11.4. The minimum Gasteiger partial charge on any atom is -0.397 e. The van der Waals surface area contributed by atoms with E-state index in [2.05, 4.69) is 10.3 Å². The van der Waals surface area contributed by atoms with E-state index in [4.69, 9.17) is 22.1 Å². The summed E-state index contributed by atoms with van der Waals surface area (Å²) in [7, 11) is 0. The number of hydrogen-bond acceptors (Lipinski definition) is 4. The minimum absolute atomic E-state index is 0.268. The standard InChI is InChI=1S/C11H16ClN3O/c12-10-5-8(13)6-14-11(10)15-7-9-3-1-2-4-16-9/h5-6,9H,1-4,7,13H2,(H,14,15). The first-order chi connectivity index (χ1) is 7.75. The van der Waals surface area contributed by atoms with Crippen LogP contribution < -0.4 is 11.1 Å². The molecule has 1 aliphatic heterocycles. The van der Waals surface area contributed by atoms with Gasteiger partial charge in [0, 0.05) is 13.2 Å². The zero-order valence-corrected chi connectivity index (χ0v) is 9.83. The lowest BCUT2D eigenvalue weighted by atomic mass is 10.1. The summed E-state index contributed by atoms with van der Waals surface area (Å²) in [5, 5.41) is 3.74. The summed E-state index contributed by atoms with van der Waals surface area (Å²) in [6.45, 7) is 1.60. The van der Waals surface area contributed by atoms with E-state index in [1.807, 2.05) is 0 Å². The second kappa shape index (κ2) is 5.37. The highest BCUT2D eigenvalue weighted by Gasteiger charge is 2.14. The fourth-order valence-electron chi connectivity index (χ4n) is 1.76. The molecule has 1 unspecified atom stereocenters. The summed E-state index contributed by atoms with van der Waals surface area (Å²) in [4.78, 5) is 4.14. The number of nitrogens with zero attached hydrogens (tertiary/aromatic N) is 1. The van der Waals surface area contributed by atoms with Gasteiger partial charge in [-0.05, 0) is 25.3 Å². The van der Waals surface area contributed by atoms with Gasteiger partial charge in [0.25, 0.3) is 0 Å². The number of anilines is 2. The predicted octanol–water partition coefficient (Wildman–Crippen LogP) is 2.30. The average Bonchev–Trinajstić information content (AvgIpc) is 2.29. The third kappa shape index (κ3) is 3.00. The molecule has 0 amide bonds. The third-order valence-corrected chi connectivity index (χ3v) is 2.92. The highest BCUT2D eigenvalue weighted by atomic mass is 35.5. The fraction of sp³-hybridized carbons (Fsp3) is 0.545. The number of ether oxygens (including phenoxy) is 1. The van der Waals surface area contributed by atoms with Gasteiger partial charge in [-0.2, -0.15) is 0 Å². The quantitative estimate of drug-likeness (QED) is 0.853. The molecule has 1 fully saturated rings. The van der Waals surface area contributed by atoms with Crippen LogP contribution in [0.1, 0.15) is 19.3 Å². The highest BCUT2D eigenvalue weighted by Crippen LogP contribution is 2.21. The first-order valence-electron chi connectivity index (χ1n) is 5.52. The number of pyridine rings is 1. The number of hydrogen-bond donors (Lipinski definition) is 2. The Kier molecular flexibility index (Phi) is 3.85. The largest absolute Gasteiger partial charge is 0.397 e. The molecule has 1 aliphatic rings. The van der Waals surface area contributed by atoms with Crippen LogP contribution in [0.2, 0.25) is 5.02 Å². The summed E-state index contributed by atoms with van der Waals surface area (Å²) in [5.74, 6) is 0.671. The Morgan fingerprint density at radius 1 is 1.56 bits per heavy atom. The van der Waals surface area contributed by atoms with Gasteiger partial charge in [0.1, 0.15) is 5.82 Å². The molecule has 2 rings (SSSR count). The van der Waals surface area contributed by atoms with Crippen molar-refractivity contribution in [1.29, 1.82) is 0 Å². The van der Waals surface area contributed by atoms with Gasteiger partial charge in [-0.25, -0.2) is 4.98 Å². The van der Waals surface area contributed by atoms with Crippen LogP contribution >= 0.6 is 11.6 Å². The lowest BCUT2D eigenvalue weighted by Gasteiger charge is -2.23. The Morgan fingerprint density at radius 3 is 3.12 bits per heavy atom. The molecule has 1 aromatic rings. The van der Waals surface area contributed by atoms with Gasteiger partial charge in [0.05, 0.1) is 23.0 Å².